The smallest absolute Gasteiger partial charge is 0.252 e. The van der Waals surface area contributed by atoms with E-state index in [9.17, 15) is 4.79 Å². The van der Waals surface area contributed by atoms with Gasteiger partial charge in [0, 0.05) is 11.9 Å². The predicted octanol–water partition coefficient (Wildman–Crippen LogP) is 7.22. The van der Waals surface area contributed by atoms with E-state index in [1.54, 1.807) is 11.3 Å². The highest BCUT2D eigenvalue weighted by molar-refractivity contribution is 7.13. The van der Waals surface area contributed by atoms with Gasteiger partial charge in [-0.25, -0.2) is 4.98 Å². The molecular formula is C25H32N2OS. The predicted molar refractivity (Wildman–Crippen MR) is 125 cm³/mol. The van der Waals surface area contributed by atoms with E-state index in [0.717, 1.165) is 40.0 Å². The van der Waals surface area contributed by atoms with Crippen molar-refractivity contribution in [1.29, 1.82) is 0 Å². The van der Waals surface area contributed by atoms with Crippen LogP contribution in [0.15, 0.2) is 47.8 Å². The molecule has 2 heterocycles. The van der Waals surface area contributed by atoms with Crippen molar-refractivity contribution in [3.8, 4) is 10.6 Å². The molecule has 154 valence electrons. The van der Waals surface area contributed by atoms with Crippen LogP contribution in [0.5, 0.6) is 0 Å². The Labute approximate surface area is 178 Å². The molecule has 1 amide bonds. The van der Waals surface area contributed by atoms with Crippen LogP contribution in [0.2, 0.25) is 0 Å². The van der Waals surface area contributed by atoms with Crippen LogP contribution in [-0.2, 0) is 0 Å². The standard InChI is InChI=1S/C25H32N2OS/c1-2-3-4-5-6-7-8-9-12-17-26-25(28)21-19-23(24-16-13-18-29-24)27-22-15-11-10-14-20(21)22/h10-11,13-16,18-19H,2-9,12,17H2,1H3,(H,26,28). The maximum Gasteiger partial charge on any atom is 0.252 e. The van der Waals surface area contributed by atoms with Crippen LogP contribution in [-0.4, -0.2) is 17.4 Å². The lowest BCUT2D eigenvalue weighted by Gasteiger charge is -2.10. The summed E-state index contributed by atoms with van der Waals surface area (Å²) in [6.07, 6.45) is 11.6. The van der Waals surface area contributed by atoms with Gasteiger partial charge in [0.25, 0.3) is 5.91 Å². The molecule has 3 nitrogen and oxygen atoms in total. The van der Waals surface area contributed by atoms with Gasteiger partial charge in [-0.05, 0) is 30.0 Å². The zero-order valence-corrected chi connectivity index (χ0v) is 18.3. The molecule has 3 aromatic rings. The van der Waals surface area contributed by atoms with Crippen molar-refractivity contribution < 1.29 is 4.79 Å². The summed E-state index contributed by atoms with van der Waals surface area (Å²) in [4.78, 5) is 18.7. The molecule has 0 spiro atoms. The van der Waals surface area contributed by atoms with Crippen LogP contribution in [0.3, 0.4) is 0 Å². The van der Waals surface area contributed by atoms with Gasteiger partial charge in [-0.3, -0.25) is 4.79 Å². The number of para-hydroxylation sites is 1. The molecule has 0 saturated carbocycles. The first-order valence-corrected chi connectivity index (χ1v) is 11.9. The number of unbranched alkanes of at least 4 members (excludes halogenated alkanes) is 8. The van der Waals surface area contributed by atoms with Crippen molar-refractivity contribution in [2.24, 2.45) is 0 Å². The number of hydrogen-bond acceptors (Lipinski definition) is 3. The third-order valence-corrected chi connectivity index (χ3v) is 6.19. The molecule has 0 atom stereocenters. The van der Waals surface area contributed by atoms with E-state index in [4.69, 9.17) is 4.98 Å². The van der Waals surface area contributed by atoms with Gasteiger partial charge in [-0.1, -0.05) is 82.6 Å². The van der Waals surface area contributed by atoms with Gasteiger partial charge in [-0.2, -0.15) is 0 Å². The third-order valence-electron chi connectivity index (χ3n) is 5.30. The van der Waals surface area contributed by atoms with Crippen LogP contribution < -0.4 is 5.32 Å². The number of carbonyl (C=O) groups is 1. The molecule has 0 saturated heterocycles. The van der Waals surface area contributed by atoms with Crippen molar-refractivity contribution >= 4 is 28.1 Å². The number of pyridine rings is 1. The summed E-state index contributed by atoms with van der Waals surface area (Å²) < 4.78 is 0. The lowest BCUT2D eigenvalue weighted by atomic mass is 10.1. The van der Waals surface area contributed by atoms with E-state index in [1.807, 2.05) is 47.8 Å². The van der Waals surface area contributed by atoms with E-state index in [-0.39, 0.29) is 5.91 Å². The summed E-state index contributed by atoms with van der Waals surface area (Å²) in [5.41, 5.74) is 2.45. The lowest BCUT2D eigenvalue weighted by Crippen LogP contribution is -2.24. The molecule has 0 aliphatic rings. The number of carbonyl (C=O) groups excluding carboxylic acids is 1. The van der Waals surface area contributed by atoms with Gasteiger partial charge in [-0.15, -0.1) is 11.3 Å². The Morgan fingerprint density at radius 2 is 1.66 bits per heavy atom. The highest BCUT2D eigenvalue weighted by atomic mass is 32.1. The number of amides is 1. The van der Waals surface area contributed by atoms with Crippen molar-refractivity contribution in [3.63, 3.8) is 0 Å². The topological polar surface area (TPSA) is 42.0 Å². The quantitative estimate of drug-likeness (QED) is 0.321. The maximum absolute atomic E-state index is 12.9. The molecule has 2 aromatic heterocycles. The zero-order valence-electron chi connectivity index (χ0n) is 17.5. The Morgan fingerprint density at radius 3 is 2.38 bits per heavy atom. The first-order chi connectivity index (χ1) is 14.3. The number of thiophene rings is 1. The average Bonchev–Trinajstić information content (AvgIpc) is 3.29. The van der Waals surface area contributed by atoms with Gasteiger partial charge in [0.05, 0.1) is 21.7 Å². The zero-order chi connectivity index (χ0) is 20.3. The molecule has 0 unspecified atom stereocenters. The largest absolute Gasteiger partial charge is 0.352 e. The minimum Gasteiger partial charge on any atom is -0.352 e. The fraction of sp³-hybridized carbons (Fsp3) is 0.440. The first kappa shape index (κ1) is 21.5. The molecule has 0 aliphatic carbocycles. The van der Waals surface area contributed by atoms with Gasteiger partial charge < -0.3 is 5.32 Å². The summed E-state index contributed by atoms with van der Waals surface area (Å²) in [6.45, 7) is 2.99. The molecule has 1 N–H and O–H groups in total. The lowest BCUT2D eigenvalue weighted by molar-refractivity contribution is 0.0954. The van der Waals surface area contributed by atoms with E-state index in [1.165, 1.54) is 51.4 Å². The van der Waals surface area contributed by atoms with E-state index in [0.29, 0.717) is 0 Å². The monoisotopic (exact) mass is 408 g/mol. The molecule has 0 bridgehead atoms. The van der Waals surface area contributed by atoms with Gasteiger partial charge in [0.1, 0.15) is 0 Å². The SMILES string of the molecule is CCCCCCCCCCCNC(=O)c1cc(-c2cccs2)nc2ccccc12. The van der Waals surface area contributed by atoms with Crippen molar-refractivity contribution in [2.75, 3.05) is 6.54 Å². The summed E-state index contributed by atoms with van der Waals surface area (Å²) in [5.74, 6) is 0.000900. The maximum atomic E-state index is 12.9. The van der Waals surface area contributed by atoms with Crippen LogP contribution in [0, 0.1) is 0 Å². The van der Waals surface area contributed by atoms with Crippen molar-refractivity contribution in [1.82, 2.24) is 10.3 Å². The molecule has 0 aliphatic heterocycles. The number of rotatable bonds is 12. The van der Waals surface area contributed by atoms with Gasteiger partial charge in [0.2, 0.25) is 0 Å². The number of fused-ring (bicyclic) bond motifs is 1. The third kappa shape index (κ3) is 6.40. The molecule has 29 heavy (non-hydrogen) atoms. The number of benzene rings is 1. The Hall–Kier alpha value is -2.20. The Kier molecular flexibility index (Phi) is 8.69. The van der Waals surface area contributed by atoms with Crippen LogP contribution in [0.4, 0.5) is 0 Å². The van der Waals surface area contributed by atoms with E-state index in [2.05, 4.69) is 12.2 Å². The van der Waals surface area contributed by atoms with Crippen LogP contribution in [0.25, 0.3) is 21.5 Å². The Balaban J connectivity index is 1.51. The van der Waals surface area contributed by atoms with E-state index < -0.39 is 0 Å². The average molecular weight is 409 g/mol. The Morgan fingerprint density at radius 1 is 0.931 bits per heavy atom. The normalized spacial score (nSPS) is 11.1. The highest BCUT2D eigenvalue weighted by Gasteiger charge is 2.13. The van der Waals surface area contributed by atoms with Crippen LogP contribution in [0.1, 0.15) is 75.1 Å². The second-order valence-electron chi connectivity index (χ2n) is 7.63. The fourth-order valence-electron chi connectivity index (χ4n) is 3.65. The van der Waals surface area contributed by atoms with Gasteiger partial charge >= 0.3 is 0 Å². The molecular weight excluding hydrogens is 376 g/mol. The molecule has 4 heteroatoms. The van der Waals surface area contributed by atoms with E-state index >= 15 is 0 Å². The van der Waals surface area contributed by atoms with Crippen molar-refractivity contribution in [3.05, 3.63) is 53.4 Å². The highest BCUT2D eigenvalue weighted by Crippen LogP contribution is 2.27. The van der Waals surface area contributed by atoms with Crippen molar-refractivity contribution in [2.45, 2.75) is 64.7 Å². The van der Waals surface area contributed by atoms with Crippen LogP contribution >= 0.6 is 11.3 Å². The summed E-state index contributed by atoms with van der Waals surface area (Å²) in [6, 6.07) is 13.9. The summed E-state index contributed by atoms with van der Waals surface area (Å²) in [7, 11) is 0. The minimum absolute atomic E-state index is 0.000900. The number of nitrogens with zero attached hydrogens (tertiary/aromatic N) is 1. The van der Waals surface area contributed by atoms with Gasteiger partial charge in [0.15, 0.2) is 0 Å². The number of hydrogen-bond donors (Lipinski definition) is 1. The second kappa shape index (κ2) is 11.7. The Bertz CT molecular complexity index is 889. The summed E-state index contributed by atoms with van der Waals surface area (Å²) >= 11 is 1.65. The molecule has 0 radical (unpaired) electrons. The number of aromatic nitrogens is 1. The molecule has 1 aromatic carbocycles. The summed E-state index contributed by atoms with van der Waals surface area (Å²) in [5, 5.41) is 6.07. The fourth-order valence-corrected chi connectivity index (χ4v) is 4.33. The minimum atomic E-state index is 0.000900. The molecule has 3 rings (SSSR count). The first-order valence-electron chi connectivity index (χ1n) is 11.0. The molecule has 0 fully saturated rings. The number of nitrogens with one attached hydrogen (secondary N) is 1. The second-order valence-corrected chi connectivity index (χ2v) is 8.58.